The number of nitrogens with two attached hydrogens (primary N) is 1. The Kier molecular flexibility index (Phi) is 11.4. The number of nitrogens with zero attached hydrogens (tertiary/aromatic N) is 1. The van der Waals surface area contributed by atoms with Gasteiger partial charge in [-0.15, -0.1) is 0 Å². The van der Waals surface area contributed by atoms with Gasteiger partial charge in [0.25, 0.3) is 0 Å². The number of hydrogen-bond acceptors (Lipinski definition) is 4. The summed E-state index contributed by atoms with van der Waals surface area (Å²) in [6, 6.07) is 25.1. The highest BCUT2D eigenvalue weighted by Crippen LogP contribution is 2.20. The zero-order chi connectivity index (χ0) is 30.7. The highest BCUT2D eigenvalue weighted by Gasteiger charge is 2.28. The molecule has 6 N–H and O–H groups in total. The van der Waals surface area contributed by atoms with Crippen molar-refractivity contribution in [1.82, 2.24) is 15.5 Å². The summed E-state index contributed by atoms with van der Waals surface area (Å²) in [6.45, 7) is 5.65. The summed E-state index contributed by atoms with van der Waals surface area (Å²) in [7, 11) is 0. The van der Waals surface area contributed by atoms with Crippen molar-refractivity contribution in [1.29, 1.82) is 0 Å². The summed E-state index contributed by atoms with van der Waals surface area (Å²) in [5, 5.41) is 18.7. The van der Waals surface area contributed by atoms with Gasteiger partial charge in [0.05, 0.1) is 0 Å². The van der Waals surface area contributed by atoms with Crippen molar-refractivity contribution in [2.24, 2.45) is 5.73 Å². The highest BCUT2D eigenvalue weighted by molar-refractivity contribution is 7.80. The average molecular weight is 590 g/mol. The van der Waals surface area contributed by atoms with Gasteiger partial charge < -0.3 is 31.7 Å². The van der Waals surface area contributed by atoms with Crippen molar-refractivity contribution < 1.29 is 19.5 Å². The minimum Gasteiger partial charge on any atom is -0.465 e. The van der Waals surface area contributed by atoms with Crippen molar-refractivity contribution >= 4 is 40.9 Å². The van der Waals surface area contributed by atoms with Crippen LogP contribution in [0, 0.1) is 0 Å². The first-order valence-electron chi connectivity index (χ1n) is 13.8. The Balaban J connectivity index is 1.71. The summed E-state index contributed by atoms with van der Waals surface area (Å²) in [5.74, 6) is -1.13. The second-order valence-corrected chi connectivity index (χ2v) is 11.4. The number of carbonyl (C=O) groups excluding carboxylic acids is 2. The first-order valence-corrected chi connectivity index (χ1v) is 14.2. The molecule has 222 valence electrons. The van der Waals surface area contributed by atoms with E-state index in [1.807, 2.05) is 106 Å². The number of carbonyl (C=O) groups is 3. The maximum Gasteiger partial charge on any atom is 0.407 e. The van der Waals surface area contributed by atoms with Gasteiger partial charge in [0.1, 0.15) is 12.1 Å². The number of nitrogens with one attached hydrogen (secondary N) is 3. The maximum atomic E-state index is 13.5. The molecule has 3 amide bonds. The van der Waals surface area contributed by atoms with Crippen molar-refractivity contribution in [3.05, 3.63) is 90.5 Å². The number of rotatable bonds is 12. The topological polar surface area (TPSA) is 137 Å². The van der Waals surface area contributed by atoms with Gasteiger partial charge in [-0.3, -0.25) is 9.59 Å². The fourth-order valence-corrected chi connectivity index (χ4v) is 4.74. The molecule has 0 aromatic heterocycles. The molecule has 0 aliphatic carbocycles. The van der Waals surface area contributed by atoms with Crippen LogP contribution in [-0.4, -0.2) is 57.2 Å². The number of carboxylic acid groups (broad SMARTS) is 1. The first kappa shape index (κ1) is 32.1. The predicted octanol–water partition coefficient (Wildman–Crippen LogP) is 4.78. The van der Waals surface area contributed by atoms with E-state index in [0.717, 1.165) is 22.4 Å². The van der Waals surface area contributed by atoms with Crippen molar-refractivity contribution in [3.8, 4) is 11.1 Å². The lowest BCUT2D eigenvalue weighted by Crippen LogP contribution is -2.54. The third kappa shape index (κ3) is 9.88. The van der Waals surface area contributed by atoms with Crippen LogP contribution in [0.3, 0.4) is 0 Å². The number of primary amides is 1. The van der Waals surface area contributed by atoms with Gasteiger partial charge in [-0.2, -0.15) is 0 Å². The zero-order valence-corrected chi connectivity index (χ0v) is 25.0. The van der Waals surface area contributed by atoms with Crippen molar-refractivity contribution in [2.45, 2.75) is 57.7 Å². The maximum absolute atomic E-state index is 13.5. The van der Waals surface area contributed by atoms with E-state index < -0.39 is 35.5 Å². The summed E-state index contributed by atoms with van der Waals surface area (Å²) < 4.78 is 0. The Hall–Kier alpha value is -4.44. The zero-order valence-electron chi connectivity index (χ0n) is 24.2. The number of para-hydroxylation sites is 1. The standard InChI is InChI=1S/C32H39N5O4S/c1-32(2,3)37(31(40)41)20-10-15-26(36-30(42)34-25-13-8-5-9-14-25)29(39)35-27(28(33)38)21-22-16-18-24(19-17-22)23-11-6-4-7-12-23/h4-9,11-14,16-19,26-27H,10,15,20-21H2,1-3H3,(H2,33,38)(H,35,39)(H,40,41)(H2,34,36,42). The Morgan fingerprint density at radius 3 is 1.98 bits per heavy atom. The Bertz CT molecular complexity index is 1340. The quantitative estimate of drug-likeness (QED) is 0.192. The molecule has 0 fully saturated rings. The molecule has 0 saturated carbocycles. The third-order valence-electron chi connectivity index (χ3n) is 6.73. The number of benzene rings is 3. The van der Waals surface area contributed by atoms with Gasteiger partial charge in [0.2, 0.25) is 11.8 Å². The smallest absolute Gasteiger partial charge is 0.407 e. The normalized spacial score (nSPS) is 12.5. The number of thiocarbonyl (C=S) groups is 1. The monoisotopic (exact) mass is 589 g/mol. The van der Waals surface area contributed by atoms with E-state index >= 15 is 0 Å². The molecule has 10 heteroatoms. The lowest BCUT2D eigenvalue weighted by Gasteiger charge is -2.33. The Morgan fingerprint density at radius 1 is 0.857 bits per heavy atom. The van der Waals surface area contributed by atoms with Crippen LogP contribution in [0.15, 0.2) is 84.9 Å². The van der Waals surface area contributed by atoms with E-state index in [0.29, 0.717) is 6.42 Å². The molecule has 2 unspecified atom stereocenters. The molecule has 9 nitrogen and oxygen atoms in total. The Morgan fingerprint density at radius 2 is 1.43 bits per heavy atom. The van der Waals surface area contributed by atoms with E-state index in [1.54, 1.807) is 0 Å². The molecule has 0 radical (unpaired) electrons. The number of hydrogen-bond donors (Lipinski definition) is 5. The lowest BCUT2D eigenvalue weighted by molar-refractivity contribution is -0.128. The average Bonchev–Trinajstić information content (AvgIpc) is 2.94. The SMILES string of the molecule is CC(C)(C)N(CCCC(NC(=S)Nc1ccccc1)C(=O)NC(Cc1ccc(-c2ccccc2)cc1)C(N)=O)C(=O)O. The molecular weight excluding hydrogens is 550 g/mol. The largest absolute Gasteiger partial charge is 0.465 e. The van der Waals surface area contributed by atoms with Gasteiger partial charge in [0, 0.05) is 24.2 Å². The molecule has 3 aromatic rings. The molecule has 0 spiro atoms. The molecule has 0 bridgehead atoms. The molecule has 0 aliphatic rings. The van der Waals surface area contributed by atoms with E-state index in [2.05, 4.69) is 16.0 Å². The minimum absolute atomic E-state index is 0.215. The van der Waals surface area contributed by atoms with Gasteiger partial charge in [0.15, 0.2) is 5.11 Å². The van der Waals surface area contributed by atoms with Crippen LogP contribution in [0.1, 0.15) is 39.2 Å². The summed E-state index contributed by atoms with van der Waals surface area (Å²) in [4.78, 5) is 39.0. The minimum atomic E-state index is -1.04. The molecule has 3 aromatic carbocycles. The third-order valence-corrected chi connectivity index (χ3v) is 6.95. The second kappa shape index (κ2) is 15.0. The fourth-order valence-electron chi connectivity index (χ4n) is 4.48. The van der Waals surface area contributed by atoms with Crippen molar-refractivity contribution in [2.75, 3.05) is 11.9 Å². The molecule has 42 heavy (non-hydrogen) atoms. The molecule has 0 heterocycles. The van der Waals surface area contributed by atoms with Gasteiger partial charge in [-0.05, 0) is 74.7 Å². The van der Waals surface area contributed by atoms with E-state index in [-0.39, 0.29) is 24.5 Å². The van der Waals surface area contributed by atoms with Crippen LogP contribution in [0.5, 0.6) is 0 Å². The van der Waals surface area contributed by atoms with Crippen LogP contribution < -0.4 is 21.7 Å². The fraction of sp³-hybridized carbons (Fsp3) is 0.312. The predicted molar refractivity (Wildman–Crippen MR) is 170 cm³/mol. The summed E-state index contributed by atoms with van der Waals surface area (Å²) >= 11 is 5.46. The van der Waals surface area contributed by atoms with Crippen LogP contribution in [0.2, 0.25) is 0 Å². The molecule has 0 aliphatic heterocycles. The van der Waals surface area contributed by atoms with E-state index in [1.165, 1.54) is 4.90 Å². The number of amides is 3. The van der Waals surface area contributed by atoms with Crippen LogP contribution in [0.4, 0.5) is 10.5 Å². The molecular formula is C32H39N5O4S. The molecule has 0 saturated heterocycles. The van der Waals surface area contributed by atoms with Gasteiger partial charge >= 0.3 is 6.09 Å². The summed E-state index contributed by atoms with van der Waals surface area (Å²) in [5.41, 5.74) is 8.78. The first-order chi connectivity index (χ1) is 19.9. The molecule has 3 rings (SSSR count). The summed E-state index contributed by atoms with van der Waals surface area (Å²) in [6.07, 6.45) is -0.179. The van der Waals surface area contributed by atoms with Crippen LogP contribution in [-0.2, 0) is 16.0 Å². The second-order valence-electron chi connectivity index (χ2n) is 11.0. The van der Waals surface area contributed by atoms with Gasteiger partial charge in [-0.1, -0.05) is 72.8 Å². The van der Waals surface area contributed by atoms with Crippen LogP contribution in [0.25, 0.3) is 11.1 Å². The molecule has 2 atom stereocenters. The lowest BCUT2D eigenvalue weighted by atomic mass is 10.00. The number of anilines is 1. The van der Waals surface area contributed by atoms with Crippen LogP contribution >= 0.6 is 12.2 Å². The van der Waals surface area contributed by atoms with Crippen molar-refractivity contribution in [3.63, 3.8) is 0 Å². The van der Waals surface area contributed by atoms with E-state index in [9.17, 15) is 19.5 Å². The highest BCUT2D eigenvalue weighted by atomic mass is 32.1. The van der Waals surface area contributed by atoms with Gasteiger partial charge in [-0.25, -0.2) is 4.79 Å². The van der Waals surface area contributed by atoms with E-state index in [4.69, 9.17) is 18.0 Å². The Labute approximate surface area is 252 Å².